The fraction of sp³-hybridized carbons (Fsp3) is 0.353. The Hall–Kier alpha value is -2.73. The van der Waals surface area contributed by atoms with Crippen LogP contribution in [0.5, 0.6) is 11.5 Å². The summed E-state index contributed by atoms with van der Waals surface area (Å²) in [6.07, 6.45) is 0. The van der Waals surface area contributed by atoms with Gasteiger partial charge in [-0.05, 0) is 31.5 Å². The summed E-state index contributed by atoms with van der Waals surface area (Å²) < 4.78 is 34.5. The molecule has 2 rings (SSSR count). The lowest BCUT2D eigenvalue weighted by Crippen LogP contribution is -2.28. The molecule has 1 amide bonds. The van der Waals surface area contributed by atoms with Crippen LogP contribution in [0.1, 0.15) is 29.1 Å². The van der Waals surface area contributed by atoms with Gasteiger partial charge in [0.25, 0.3) is 0 Å². The predicted molar refractivity (Wildman–Crippen MR) is 91.3 cm³/mol. The fourth-order valence-electron chi connectivity index (χ4n) is 2.15. The van der Waals surface area contributed by atoms with E-state index in [-0.39, 0.29) is 24.7 Å². The molecule has 0 aliphatic rings. The van der Waals surface area contributed by atoms with E-state index in [0.717, 1.165) is 5.69 Å². The molecular formula is C17H17F2N3O3S. The molecule has 1 heterocycles. The number of hydrogen-bond donors (Lipinski definition) is 1. The Morgan fingerprint density at radius 2 is 2.19 bits per heavy atom. The zero-order valence-corrected chi connectivity index (χ0v) is 15.0. The zero-order chi connectivity index (χ0) is 19.1. The van der Waals surface area contributed by atoms with Gasteiger partial charge in [-0.2, -0.15) is 14.0 Å². The summed E-state index contributed by atoms with van der Waals surface area (Å²) in [5.41, 5.74) is 1.37. The number of thiazole rings is 1. The molecule has 9 heteroatoms. The number of halogens is 2. The van der Waals surface area contributed by atoms with Crippen molar-refractivity contribution in [1.82, 2.24) is 10.3 Å². The fourth-order valence-corrected chi connectivity index (χ4v) is 2.98. The van der Waals surface area contributed by atoms with Crippen LogP contribution in [0, 0.1) is 18.3 Å². The van der Waals surface area contributed by atoms with Crippen molar-refractivity contribution >= 4 is 17.2 Å². The summed E-state index contributed by atoms with van der Waals surface area (Å²) in [4.78, 5) is 16.4. The standard InChI is InChI=1S/C17H17F2N3O3S/c1-3-24-14-6-11(4-5-13(14)25-17(18)19)8-21-15(23)12(7-20)16-22-10(2)9-26-16/h4-6,9,12,17H,3,8H2,1-2H3,(H,21,23)/t12-/m1/s1. The minimum atomic E-state index is -2.96. The third kappa shape index (κ3) is 5.13. The number of nitrogens with one attached hydrogen (secondary N) is 1. The van der Waals surface area contributed by atoms with E-state index < -0.39 is 18.4 Å². The highest BCUT2D eigenvalue weighted by Gasteiger charge is 2.23. The van der Waals surface area contributed by atoms with Crippen LogP contribution in [0.4, 0.5) is 8.78 Å². The minimum Gasteiger partial charge on any atom is -0.490 e. The van der Waals surface area contributed by atoms with E-state index in [4.69, 9.17) is 4.74 Å². The first-order valence-electron chi connectivity index (χ1n) is 7.74. The molecule has 1 aromatic carbocycles. The Morgan fingerprint density at radius 1 is 1.42 bits per heavy atom. The molecular weight excluding hydrogens is 364 g/mol. The van der Waals surface area contributed by atoms with E-state index in [2.05, 4.69) is 15.0 Å². The molecule has 0 aliphatic carbocycles. The van der Waals surface area contributed by atoms with Crippen LogP contribution in [-0.4, -0.2) is 24.1 Å². The number of ether oxygens (including phenoxy) is 2. The number of alkyl halides is 2. The third-order valence-corrected chi connectivity index (χ3v) is 4.29. The van der Waals surface area contributed by atoms with Gasteiger partial charge in [0, 0.05) is 17.6 Å². The van der Waals surface area contributed by atoms with Gasteiger partial charge in [0.2, 0.25) is 5.91 Å². The molecule has 1 aromatic heterocycles. The zero-order valence-electron chi connectivity index (χ0n) is 14.2. The van der Waals surface area contributed by atoms with Crippen LogP contribution in [0.15, 0.2) is 23.6 Å². The van der Waals surface area contributed by atoms with E-state index in [1.807, 2.05) is 6.07 Å². The highest BCUT2D eigenvalue weighted by atomic mass is 32.1. The SMILES string of the molecule is CCOc1cc(CNC(=O)[C@@H](C#N)c2nc(C)cs2)ccc1OC(F)F. The Bertz CT molecular complexity index is 805. The van der Waals surface area contributed by atoms with Gasteiger partial charge >= 0.3 is 6.61 Å². The molecule has 0 bridgehead atoms. The number of carbonyl (C=O) groups excluding carboxylic acids is 1. The number of carbonyl (C=O) groups is 1. The van der Waals surface area contributed by atoms with Crippen LogP contribution >= 0.6 is 11.3 Å². The van der Waals surface area contributed by atoms with Crippen molar-refractivity contribution in [2.75, 3.05) is 6.61 Å². The van der Waals surface area contributed by atoms with Crippen molar-refractivity contribution in [2.24, 2.45) is 0 Å². The number of amides is 1. The molecule has 0 saturated carbocycles. The number of nitriles is 1. The van der Waals surface area contributed by atoms with Gasteiger partial charge in [0.1, 0.15) is 5.01 Å². The first-order valence-corrected chi connectivity index (χ1v) is 8.62. The molecule has 0 radical (unpaired) electrons. The molecule has 0 saturated heterocycles. The number of aryl methyl sites for hydroxylation is 1. The summed E-state index contributed by atoms with van der Waals surface area (Å²) in [5, 5.41) is 14.1. The molecule has 0 spiro atoms. The van der Waals surface area contributed by atoms with E-state index in [0.29, 0.717) is 10.6 Å². The summed E-state index contributed by atoms with van der Waals surface area (Å²) in [6, 6.07) is 6.34. The van der Waals surface area contributed by atoms with Gasteiger partial charge < -0.3 is 14.8 Å². The van der Waals surface area contributed by atoms with Crippen LogP contribution in [0.3, 0.4) is 0 Å². The number of hydrogen-bond acceptors (Lipinski definition) is 6. The maximum atomic E-state index is 12.4. The molecule has 2 aromatic rings. The second kappa shape index (κ2) is 9.10. The summed E-state index contributed by atoms with van der Waals surface area (Å²) in [7, 11) is 0. The second-order valence-electron chi connectivity index (χ2n) is 5.20. The van der Waals surface area contributed by atoms with Crippen molar-refractivity contribution in [2.45, 2.75) is 32.9 Å². The highest BCUT2D eigenvalue weighted by molar-refractivity contribution is 7.09. The molecule has 0 unspecified atom stereocenters. The van der Waals surface area contributed by atoms with Crippen molar-refractivity contribution in [3.8, 4) is 17.6 Å². The maximum absolute atomic E-state index is 12.4. The van der Waals surface area contributed by atoms with Gasteiger partial charge in [-0.25, -0.2) is 4.98 Å². The Morgan fingerprint density at radius 3 is 2.77 bits per heavy atom. The van der Waals surface area contributed by atoms with E-state index in [1.54, 1.807) is 19.2 Å². The lowest BCUT2D eigenvalue weighted by atomic mass is 10.1. The molecule has 6 nitrogen and oxygen atoms in total. The van der Waals surface area contributed by atoms with Gasteiger partial charge in [-0.3, -0.25) is 4.79 Å². The minimum absolute atomic E-state index is 0.0786. The molecule has 1 N–H and O–H groups in total. The Balaban J connectivity index is 2.07. The van der Waals surface area contributed by atoms with Crippen LogP contribution in [0.25, 0.3) is 0 Å². The van der Waals surface area contributed by atoms with E-state index in [1.165, 1.54) is 29.5 Å². The molecule has 26 heavy (non-hydrogen) atoms. The van der Waals surface area contributed by atoms with Gasteiger partial charge in [-0.1, -0.05) is 6.07 Å². The summed E-state index contributed by atoms with van der Waals surface area (Å²) in [5.74, 6) is -1.40. The van der Waals surface area contributed by atoms with Gasteiger partial charge in [0.05, 0.1) is 12.7 Å². The number of nitrogens with zero attached hydrogens (tertiary/aromatic N) is 2. The lowest BCUT2D eigenvalue weighted by molar-refractivity contribution is -0.121. The van der Waals surface area contributed by atoms with Crippen LogP contribution < -0.4 is 14.8 Å². The Labute approximate surface area is 153 Å². The number of benzene rings is 1. The average Bonchev–Trinajstić information content (AvgIpc) is 3.01. The largest absolute Gasteiger partial charge is 0.490 e. The first-order chi connectivity index (χ1) is 12.4. The predicted octanol–water partition coefficient (Wildman–Crippen LogP) is 3.38. The second-order valence-corrected chi connectivity index (χ2v) is 6.09. The molecule has 138 valence electrons. The normalized spacial score (nSPS) is 11.7. The smallest absolute Gasteiger partial charge is 0.387 e. The van der Waals surface area contributed by atoms with E-state index >= 15 is 0 Å². The van der Waals surface area contributed by atoms with Gasteiger partial charge in [-0.15, -0.1) is 11.3 Å². The van der Waals surface area contributed by atoms with E-state index in [9.17, 15) is 18.8 Å². The van der Waals surface area contributed by atoms with Gasteiger partial charge in [0.15, 0.2) is 17.4 Å². The summed E-state index contributed by atoms with van der Waals surface area (Å²) >= 11 is 1.25. The van der Waals surface area contributed by atoms with Crippen LogP contribution in [0.2, 0.25) is 0 Å². The highest BCUT2D eigenvalue weighted by Crippen LogP contribution is 2.30. The van der Waals surface area contributed by atoms with Crippen molar-refractivity contribution in [1.29, 1.82) is 5.26 Å². The topological polar surface area (TPSA) is 84.2 Å². The average molecular weight is 381 g/mol. The molecule has 0 fully saturated rings. The quantitative estimate of drug-likeness (QED) is 0.758. The number of aromatic nitrogens is 1. The third-order valence-electron chi connectivity index (χ3n) is 3.27. The van der Waals surface area contributed by atoms with Crippen LogP contribution in [-0.2, 0) is 11.3 Å². The molecule has 1 atom stereocenters. The molecule has 0 aliphatic heterocycles. The Kier molecular flexibility index (Phi) is 6.86. The first kappa shape index (κ1) is 19.6. The number of rotatable bonds is 8. The monoisotopic (exact) mass is 381 g/mol. The maximum Gasteiger partial charge on any atom is 0.387 e. The lowest BCUT2D eigenvalue weighted by Gasteiger charge is -2.13. The van der Waals surface area contributed by atoms with Crippen molar-refractivity contribution in [3.63, 3.8) is 0 Å². The van der Waals surface area contributed by atoms with Crippen molar-refractivity contribution < 1.29 is 23.0 Å². The van der Waals surface area contributed by atoms with Crippen molar-refractivity contribution in [3.05, 3.63) is 39.8 Å². The summed E-state index contributed by atoms with van der Waals surface area (Å²) in [6.45, 7) is 0.919.